The molecule has 0 saturated carbocycles. The van der Waals surface area contributed by atoms with Crippen LogP contribution in [0.15, 0.2) is 60.7 Å². The summed E-state index contributed by atoms with van der Waals surface area (Å²) in [6.07, 6.45) is -15.0. The zero-order valence-electron chi connectivity index (χ0n) is 24.0. The molecule has 3 unspecified atom stereocenters. The smallest absolute Gasteiger partial charge is 0.416 e. The molecule has 0 radical (unpaired) electrons. The molecule has 0 spiro atoms. The van der Waals surface area contributed by atoms with Crippen LogP contribution in [0.3, 0.4) is 0 Å². The van der Waals surface area contributed by atoms with Crippen LogP contribution in [0.25, 0.3) is 11.1 Å². The van der Waals surface area contributed by atoms with Crippen LogP contribution < -0.4 is 4.90 Å². The molecule has 0 amide bonds. The molecule has 45 heavy (non-hydrogen) atoms. The van der Waals surface area contributed by atoms with Crippen LogP contribution in [0.2, 0.25) is 0 Å². The van der Waals surface area contributed by atoms with E-state index in [2.05, 4.69) is 0 Å². The lowest BCUT2D eigenvalue weighted by atomic mass is 9.81. The first-order valence-electron chi connectivity index (χ1n) is 14.0. The number of benzene rings is 3. The number of rotatable bonds is 7. The van der Waals surface area contributed by atoms with Gasteiger partial charge in [-0.3, -0.25) is 4.79 Å². The van der Waals surface area contributed by atoms with E-state index in [1.165, 1.54) is 30.3 Å². The number of nitrogens with zero attached hydrogens (tertiary/aromatic N) is 1. The van der Waals surface area contributed by atoms with Gasteiger partial charge in [-0.15, -0.1) is 0 Å². The Bertz CT molecular complexity index is 1510. The van der Waals surface area contributed by atoms with Crippen molar-refractivity contribution in [2.75, 3.05) is 11.4 Å². The maximum absolute atomic E-state index is 14.3. The molecule has 13 heteroatoms. The Labute approximate surface area is 252 Å². The summed E-state index contributed by atoms with van der Waals surface area (Å²) < 4.78 is 137. The number of carboxylic acids is 1. The van der Waals surface area contributed by atoms with Crippen molar-refractivity contribution < 1.29 is 53.8 Å². The summed E-state index contributed by atoms with van der Waals surface area (Å²) in [6.45, 7) is 3.10. The van der Waals surface area contributed by atoms with Gasteiger partial charge < -0.3 is 10.0 Å². The number of carboxylic acid groups (broad SMARTS) is 1. The molecule has 1 aliphatic rings. The number of alkyl halides is 9. The highest BCUT2D eigenvalue weighted by atomic mass is 19.4. The van der Waals surface area contributed by atoms with Gasteiger partial charge in [0.2, 0.25) is 0 Å². The first-order chi connectivity index (χ1) is 20.7. The summed E-state index contributed by atoms with van der Waals surface area (Å²) in [5.41, 5.74) is -1.74. The topological polar surface area (TPSA) is 40.5 Å². The quantitative estimate of drug-likeness (QED) is 0.259. The molecule has 1 fully saturated rings. The van der Waals surface area contributed by atoms with E-state index >= 15 is 0 Å². The van der Waals surface area contributed by atoms with Gasteiger partial charge in [0.25, 0.3) is 0 Å². The Kier molecular flexibility index (Phi) is 9.51. The maximum Gasteiger partial charge on any atom is 0.416 e. The molecule has 3 nitrogen and oxygen atoms in total. The number of hydrogen-bond acceptors (Lipinski definition) is 2. The Morgan fingerprint density at radius 2 is 1.44 bits per heavy atom. The monoisotopic (exact) mass is 649 g/mol. The minimum atomic E-state index is -5.02. The number of carbonyl (C=O) groups is 1. The van der Waals surface area contributed by atoms with Gasteiger partial charge in [-0.1, -0.05) is 44.2 Å². The first kappa shape index (κ1) is 34.1. The van der Waals surface area contributed by atoms with Crippen LogP contribution in [-0.4, -0.2) is 29.8 Å². The summed E-state index contributed by atoms with van der Waals surface area (Å²) in [6, 6.07) is 7.67. The number of piperidine rings is 1. The van der Waals surface area contributed by atoms with Gasteiger partial charge >= 0.3 is 24.5 Å². The number of aliphatic carboxylic acids is 1. The number of anilines is 1. The van der Waals surface area contributed by atoms with Gasteiger partial charge in [0, 0.05) is 18.2 Å². The van der Waals surface area contributed by atoms with Crippen LogP contribution >= 0.6 is 0 Å². The Balaban J connectivity index is 1.83. The summed E-state index contributed by atoms with van der Waals surface area (Å²) in [5, 5.41) is 10.0. The molecule has 244 valence electrons. The predicted molar refractivity (Wildman–Crippen MR) is 147 cm³/mol. The average molecular weight is 650 g/mol. The van der Waals surface area contributed by atoms with Gasteiger partial charge in [0.05, 0.1) is 17.0 Å². The summed E-state index contributed by atoms with van der Waals surface area (Å²) in [7, 11) is 0. The Morgan fingerprint density at radius 1 is 0.822 bits per heavy atom. The normalized spacial score (nSPS) is 18.7. The van der Waals surface area contributed by atoms with Gasteiger partial charge in [-0.2, -0.15) is 39.5 Å². The van der Waals surface area contributed by atoms with E-state index in [0.717, 1.165) is 12.1 Å². The van der Waals surface area contributed by atoms with Crippen molar-refractivity contribution in [3.63, 3.8) is 0 Å². The van der Waals surface area contributed by atoms with Crippen molar-refractivity contribution in [3.05, 3.63) is 88.7 Å². The van der Waals surface area contributed by atoms with Crippen LogP contribution in [0.5, 0.6) is 0 Å². The van der Waals surface area contributed by atoms with Gasteiger partial charge in [-0.25, -0.2) is 4.39 Å². The Morgan fingerprint density at radius 3 is 1.98 bits per heavy atom. The molecule has 1 aliphatic heterocycles. The van der Waals surface area contributed by atoms with Crippen molar-refractivity contribution in [3.8, 4) is 11.1 Å². The lowest BCUT2D eigenvalue weighted by Crippen LogP contribution is -2.51. The van der Waals surface area contributed by atoms with E-state index in [4.69, 9.17) is 0 Å². The molecule has 1 saturated heterocycles. The van der Waals surface area contributed by atoms with Crippen molar-refractivity contribution >= 4 is 11.7 Å². The van der Waals surface area contributed by atoms with Gasteiger partial charge in [-0.05, 0) is 77.8 Å². The average Bonchev–Trinajstić information content (AvgIpc) is 2.93. The molecule has 0 aliphatic carbocycles. The molecule has 3 atom stereocenters. The van der Waals surface area contributed by atoms with E-state index in [-0.39, 0.29) is 30.4 Å². The standard InChI is InChI=1S/C32H29F10NO2/c1-17(2)9-27(29(44)45)22-11-20(18-3-6-23(7-4-18)30(34,35)36)10-21(12-22)19-5-8-28(32(40,41)42)43(16-19)26-14-24(31(37,38)39)13-25(33)15-26/h3-4,6-7,10-15,17,19,27-28H,5,8-9,16H2,1-2H3,(H,44,45). The number of hydrogen-bond donors (Lipinski definition) is 1. The minimum absolute atomic E-state index is 0.0854. The van der Waals surface area contributed by atoms with E-state index in [1.54, 1.807) is 13.8 Å². The fourth-order valence-corrected chi connectivity index (χ4v) is 5.75. The third-order valence-corrected chi connectivity index (χ3v) is 7.90. The van der Waals surface area contributed by atoms with Crippen LogP contribution in [0.1, 0.15) is 67.2 Å². The highest BCUT2D eigenvalue weighted by Crippen LogP contribution is 2.43. The van der Waals surface area contributed by atoms with Crippen molar-refractivity contribution in [1.29, 1.82) is 0 Å². The number of halogens is 10. The van der Waals surface area contributed by atoms with Crippen LogP contribution in [0, 0.1) is 11.7 Å². The molecule has 0 aromatic heterocycles. The molecule has 3 aromatic rings. The second kappa shape index (κ2) is 12.6. The zero-order valence-corrected chi connectivity index (χ0v) is 24.0. The molecule has 4 rings (SSSR count). The maximum atomic E-state index is 14.3. The van der Waals surface area contributed by atoms with Crippen molar-refractivity contribution in [1.82, 2.24) is 0 Å². The van der Waals surface area contributed by atoms with Crippen molar-refractivity contribution in [2.45, 2.75) is 69.5 Å². The molecule has 1 N–H and O–H groups in total. The molecule has 1 heterocycles. The lowest BCUT2D eigenvalue weighted by molar-refractivity contribution is -0.153. The fourth-order valence-electron chi connectivity index (χ4n) is 5.75. The highest BCUT2D eigenvalue weighted by Gasteiger charge is 2.47. The lowest BCUT2D eigenvalue weighted by Gasteiger charge is -2.42. The predicted octanol–water partition coefficient (Wildman–Crippen LogP) is 10.1. The third-order valence-electron chi connectivity index (χ3n) is 7.90. The first-order valence-corrected chi connectivity index (χ1v) is 14.0. The summed E-state index contributed by atoms with van der Waals surface area (Å²) in [5.74, 6) is -4.47. The third kappa shape index (κ3) is 8.09. The van der Waals surface area contributed by atoms with Crippen LogP contribution in [0.4, 0.5) is 49.6 Å². The second-order valence-corrected chi connectivity index (χ2v) is 11.7. The van der Waals surface area contributed by atoms with E-state index in [9.17, 15) is 53.8 Å². The summed E-state index contributed by atoms with van der Waals surface area (Å²) >= 11 is 0. The molecule has 3 aromatic carbocycles. The van der Waals surface area contributed by atoms with E-state index in [1.807, 2.05) is 0 Å². The fraction of sp³-hybridized carbons (Fsp3) is 0.406. The van der Waals surface area contributed by atoms with E-state index < -0.39 is 78.0 Å². The molecule has 0 bridgehead atoms. The van der Waals surface area contributed by atoms with Gasteiger partial charge in [0.1, 0.15) is 11.9 Å². The van der Waals surface area contributed by atoms with Crippen LogP contribution in [-0.2, 0) is 17.1 Å². The largest absolute Gasteiger partial charge is 0.481 e. The second-order valence-electron chi connectivity index (χ2n) is 11.7. The van der Waals surface area contributed by atoms with E-state index in [0.29, 0.717) is 33.7 Å². The minimum Gasteiger partial charge on any atom is -0.481 e. The SMILES string of the molecule is CC(C)CC(C(=O)O)c1cc(-c2ccc(C(F)(F)F)cc2)cc(C2CCC(C(F)(F)F)N(c3cc(F)cc(C(F)(F)F)c3)C2)c1. The van der Waals surface area contributed by atoms with Gasteiger partial charge in [0.15, 0.2) is 0 Å². The molecular weight excluding hydrogens is 620 g/mol. The molecular formula is C32H29F10NO2. The van der Waals surface area contributed by atoms with Crippen molar-refractivity contribution in [2.24, 2.45) is 5.92 Å². The Hall–Kier alpha value is -3.77. The zero-order chi connectivity index (χ0) is 33.5. The summed E-state index contributed by atoms with van der Waals surface area (Å²) in [4.78, 5) is 13.0. The highest BCUT2D eigenvalue weighted by molar-refractivity contribution is 5.78.